The maximum Gasteiger partial charge on any atom is 0.289 e. The average molecular weight is 267 g/mol. The highest BCUT2D eigenvalue weighted by Gasteiger charge is 2.21. The molecule has 18 heavy (non-hydrogen) atoms. The van der Waals surface area contributed by atoms with Gasteiger partial charge in [0.1, 0.15) is 5.58 Å². The van der Waals surface area contributed by atoms with Crippen LogP contribution in [0.25, 0.3) is 11.0 Å². The summed E-state index contributed by atoms with van der Waals surface area (Å²) in [6.07, 6.45) is 0. The first-order chi connectivity index (χ1) is 8.34. The highest BCUT2D eigenvalue weighted by Crippen LogP contribution is 2.20. The third kappa shape index (κ3) is 2.35. The van der Waals surface area contributed by atoms with Crippen LogP contribution >= 0.6 is 12.4 Å². The summed E-state index contributed by atoms with van der Waals surface area (Å²) in [5, 5.41) is 4.20. The van der Waals surface area contributed by atoms with Crippen LogP contribution in [-0.4, -0.2) is 37.0 Å². The summed E-state index contributed by atoms with van der Waals surface area (Å²) in [6, 6.07) is 9.50. The molecule has 96 valence electrons. The van der Waals surface area contributed by atoms with Crippen molar-refractivity contribution in [1.29, 1.82) is 0 Å². The fourth-order valence-electron chi connectivity index (χ4n) is 2.11. The van der Waals surface area contributed by atoms with Crippen LogP contribution in [0, 0.1) is 0 Å². The lowest BCUT2D eigenvalue weighted by Crippen LogP contribution is -2.46. The molecule has 4 nitrogen and oxygen atoms in total. The van der Waals surface area contributed by atoms with Crippen LogP contribution in [0.15, 0.2) is 34.7 Å². The fraction of sp³-hybridized carbons (Fsp3) is 0.308. The van der Waals surface area contributed by atoms with E-state index in [0.29, 0.717) is 5.76 Å². The van der Waals surface area contributed by atoms with Gasteiger partial charge in [0.05, 0.1) is 0 Å². The van der Waals surface area contributed by atoms with Crippen molar-refractivity contribution in [1.82, 2.24) is 10.2 Å². The predicted molar refractivity (Wildman–Crippen MR) is 72.2 cm³/mol. The number of carbonyl (C=O) groups excluding carboxylic acids is 1. The Morgan fingerprint density at radius 1 is 1.22 bits per heavy atom. The maximum absolute atomic E-state index is 12.2. The van der Waals surface area contributed by atoms with Gasteiger partial charge in [0.2, 0.25) is 0 Å². The average Bonchev–Trinajstić information content (AvgIpc) is 2.82. The molecule has 2 heterocycles. The van der Waals surface area contributed by atoms with Crippen molar-refractivity contribution in [3.05, 3.63) is 36.1 Å². The molecule has 1 amide bonds. The van der Waals surface area contributed by atoms with Crippen molar-refractivity contribution in [2.75, 3.05) is 26.2 Å². The molecule has 1 fully saturated rings. The summed E-state index contributed by atoms with van der Waals surface area (Å²) in [7, 11) is 0. The molecule has 0 atom stereocenters. The molecule has 5 heteroatoms. The second kappa shape index (κ2) is 5.42. The van der Waals surface area contributed by atoms with Crippen molar-refractivity contribution in [2.24, 2.45) is 0 Å². The molecule has 0 aliphatic carbocycles. The molecule has 0 radical (unpaired) electrons. The van der Waals surface area contributed by atoms with E-state index in [1.54, 1.807) is 0 Å². The van der Waals surface area contributed by atoms with Gasteiger partial charge in [0, 0.05) is 31.6 Å². The van der Waals surface area contributed by atoms with Gasteiger partial charge < -0.3 is 14.6 Å². The number of carbonyl (C=O) groups is 1. The summed E-state index contributed by atoms with van der Waals surface area (Å²) in [6.45, 7) is 3.20. The van der Waals surface area contributed by atoms with E-state index in [4.69, 9.17) is 4.42 Å². The lowest BCUT2D eigenvalue weighted by Gasteiger charge is -2.26. The molecular weight excluding hydrogens is 252 g/mol. The number of furan rings is 1. The van der Waals surface area contributed by atoms with Crippen LogP contribution in [0.5, 0.6) is 0 Å². The van der Waals surface area contributed by atoms with Crippen LogP contribution in [0.2, 0.25) is 0 Å². The first kappa shape index (κ1) is 12.9. The number of fused-ring (bicyclic) bond motifs is 1. The van der Waals surface area contributed by atoms with Crippen LogP contribution in [0.1, 0.15) is 10.6 Å². The number of rotatable bonds is 1. The van der Waals surface area contributed by atoms with Crippen LogP contribution in [0.4, 0.5) is 0 Å². The third-order valence-corrected chi connectivity index (χ3v) is 3.04. The van der Waals surface area contributed by atoms with E-state index < -0.39 is 0 Å². The van der Waals surface area contributed by atoms with E-state index in [-0.39, 0.29) is 18.3 Å². The molecule has 1 N–H and O–H groups in total. The molecule has 0 unspecified atom stereocenters. The zero-order valence-corrected chi connectivity index (χ0v) is 10.7. The highest BCUT2D eigenvalue weighted by atomic mass is 35.5. The number of piperazine rings is 1. The van der Waals surface area contributed by atoms with Gasteiger partial charge in [-0.2, -0.15) is 0 Å². The van der Waals surface area contributed by atoms with E-state index in [1.165, 1.54) is 0 Å². The molecule has 1 aromatic carbocycles. The van der Waals surface area contributed by atoms with Crippen molar-refractivity contribution >= 4 is 29.3 Å². The van der Waals surface area contributed by atoms with Crippen molar-refractivity contribution < 1.29 is 9.21 Å². The largest absolute Gasteiger partial charge is 0.451 e. The summed E-state index contributed by atoms with van der Waals surface area (Å²) in [4.78, 5) is 14.0. The van der Waals surface area contributed by atoms with Gasteiger partial charge in [0.25, 0.3) is 5.91 Å². The summed E-state index contributed by atoms with van der Waals surface area (Å²) in [5.74, 6) is 0.427. The van der Waals surface area contributed by atoms with E-state index in [1.807, 2.05) is 35.2 Å². The lowest BCUT2D eigenvalue weighted by atomic mass is 10.2. The molecule has 1 aliphatic rings. The van der Waals surface area contributed by atoms with Crippen LogP contribution < -0.4 is 5.32 Å². The minimum atomic E-state index is -0.0114. The molecular formula is C13H15ClN2O2. The standard InChI is InChI=1S/C13H14N2O2.ClH/c16-13(15-7-5-14-6-8-15)12-9-10-3-1-2-4-11(10)17-12;/h1-4,9,14H,5-8H2;1H. The molecule has 1 saturated heterocycles. The zero-order valence-electron chi connectivity index (χ0n) is 9.89. The Labute approximate surface area is 111 Å². The monoisotopic (exact) mass is 266 g/mol. The van der Waals surface area contributed by atoms with Gasteiger partial charge in [-0.3, -0.25) is 4.79 Å². The van der Waals surface area contributed by atoms with E-state index in [9.17, 15) is 4.79 Å². The molecule has 1 aromatic heterocycles. The number of nitrogens with zero attached hydrogens (tertiary/aromatic N) is 1. The maximum atomic E-state index is 12.2. The summed E-state index contributed by atoms with van der Waals surface area (Å²) >= 11 is 0. The van der Waals surface area contributed by atoms with Gasteiger partial charge >= 0.3 is 0 Å². The van der Waals surface area contributed by atoms with Gasteiger partial charge in [-0.05, 0) is 12.1 Å². The molecule has 0 bridgehead atoms. The fourth-order valence-corrected chi connectivity index (χ4v) is 2.11. The Morgan fingerprint density at radius 3 is 2.67 bits per heavy atom. The van der Waals surface area contributed by atoms with E-state index in [0.717, 1.165) is 37.1 Å². The first-order valence-corrected chi connectivity index (χ1v) is 5.83. The second-order valence-electron chi connectivity index (χ2n) is 4.19. The SMILES string of the molecule is Cl.O=C(c1cc2ccccc2o1)N1CCNCC1. The number of halogens is 1. The van der Waals surface area contributed by atoms with Gasteiger partial charge in [-0.1, -0.05) is 18.2 Å². The Bertz CT molecular complexity index is 514. The van der Waals surface area contributed by atoms with E-state index in [2.05, 4.69) is 5.32 Å². The Morgan fingerprint density at radius 2 is 1.94 bits per heavy atom. The number of benzene rings is 1. The smallest absolute Gasteiger partial charge is 0.289 e. The topological polar surface area (TPSA) is 45.5 Å². The number of para-hydroxylation sites is 1. The summed E-state index contributed by atoms with van der Waals surface area (Å²) < 4.78 is 5.57. The van der Waals surface area contributed by atoms with Crippen molar-refractivity contribution in [2.45, 2.75) is 0 Å². The predicted octanol–water partition coefficient (Wildman–Crippen LogP) is 1.90. The molecule has 3 rings (SSSR count). The van der Waals surface area contributed by atoms with Gasteiger partial charge in [0.15, 0.2) is 5.76 Å². The van der Waals surface area contributed by atoms with Crippen LogP contribution in [-0.2, 0) is 0 Å². The Balaban J connectivity index is 0.00000120. The Kier molecular flexibility index (Phi) is 3.89. The quantitative estimate of drug-likeness (QED) is 0.858. The van der Waals surface area contributed by atoms with Crippen LogP contribution in [0.3, 0.4) is 0 Å². The molecule has 0 spiro atoms. The number of amides is 1. The number of hydrogen-bond donors (Lipinski definition) is 1. The first-order valence-electron chi connectivity index (χ1n) is 5.83. The minimum absolute atomic E-state index is 0. The zero-order chi connectivity index (χ0) is 11.7. The molecule has 1 aliphatic heterocycles. The highest BCUT2D eigenvalue weighted by molar-refractivity contribution is 5.96. The number of hydrogen-bond acceptors (Lipinski definition) is 3. The Hall–Kier alpha value is -1.52. The molecule has 2 aromatic rings. The normalized spacial score (nSPS) is 15.4. The molecule has 0 saturated carbocycles. The minimum Gasteiger partial charge on any atom is -0.451 e. The van der Waals surface area contributed by atoms with Gasteiger partial charge in [-0.25, -0.2) is 0 Å². The van der Waals surface area contributed by atoms with Crippen molar-refractivity contribution in [3.63, 3.8) is 0 Å². The van der Waals surface area contributed by atoms with E-state index >= 15 is 0 Å². The lowest BCUT2D eigenvalue weighted by molar-refractivity contribution is 0.0706. The summed E-state index contributed by atoms with van der Waals surface area (Å²) in [5.41, 5.74) is 0.769. The van der Waals surface area contributed by atoms with Gasteiger partial charge in [-0.15, -0.1) is 12.4 Å². The second-order valence-corrected chi connectivity index (χ2v) is 4.19. The third-order valence-electron chi connectivity index (χ3n) is 3.04. The van der Waals surface area contributed by atoms with Crippen molar-refractivity contribution in [3.8, 4) is 0 Å². The number of nitrogens with one attached hydrogen (secondary N) is 1.